The second kappa shape index (κ2) is 4.69. The second-order valence-electron chi connectivity index (χ2n) is 4.13. The van der Waals surface area contributed by atoms with Crippen LogP contribution < -0.4 is 15.0 Å². The predicted molar refractivity (Wildman–Crippen MR) is 73.0 cm³/mol. The van der Waals surface area contributed by atoms with Crippen molar-refractivity contribution < 1.29 is 9.47 Å². The third-order valence-corrected chi connectivity index (χ3v) is 2.97. The number of aromatic nitrogens is 4. The summed E-state index contributed by atoms with van der Waals surface area (Å²) >= 11 is 0. The molecule has 0 saturated heterocycles. The number of benzene rings is 1. The topological polar surface area (TPSA) is 92.9 Å². The third kappa shape index (κ3) is 1.89. The molecule has 0 aliphatic rings. The first-order chi connectivity index (χ1) is 9.72. The number of H-pyrrole nitrogens is 2. The summed E-state index contributed by atoms with van der Waals surface area (Å²) < 4.78 is 10.4. The van der Waals surface area contributed by atoms with Gasteiger partial charge < -0.3 is 14.5 Å². The first-order valence-corrected chi connectivity index (χ1v) is 5.88. The van der Waals surface area contributed by atoms with E-state index in [2.05, 4.69) is 20.2 Å². The normalized spacial score (nSPS) is 10.7. The van der Waals surface area contributed by atoms with Crippen LogP contribution in [0.15, 0.2) is 29.3 Å². The van der Waals surface area contributed by atoms with Gasteiger partial charge in [-0.15, -0.1) is 0 Å². The van der Waals surface area contributed by atoms with Crippen molar-refractivity contribution in [3.05, 3.63) is 34.9 Å². The zero-order valence-corrected chi connectivity index (χ0v) is 10.9. The van der Waals surface area contributed by atoms with Gasteiger partial charge in [0.15, 0.2) is 0 Å². The average Bonchev–Trinajstić information content (AvgIpc) is 2.99. The largest absolute Gasteiger partial charge is 0.497 e. The summed E-state index contributed by atoms with van der Waals surface area (Å²) in [5.74, 6) is 1.43. The maximum atomic E-state index is 12.2. The number of aromatic amines is 2. The molecule has 0 spiro atoms. The van der Waals surface area contributed by atoms with E-state index in [1.54, 1.807) is 31.6 Å². The average molecular weight is 272 g/mol. The molecule has 20 heavy (non-hydrogen) atoms. The quantitative estimate of drug-likeness (QED) is 0.750. The lowest BCUT2D eigenvalue weighted by Gasteiger charge is -2.08. The number of fused-ring (bicyclic) bond motifs is 1. The van der Waals surface area contributed by atoms with E-state index < -0.39 is 0 Å². The Morgan fingerprint density at radius 3 is 2.70 bits per heavy atom. The molecule has 0 fully saturated rings. The second-order valence-corrected chi connectivity index (χ2v) is 4.13. The van der Waals surface area contributed by atoms with Gasteiger partial charge in [-0.1, -0.05) is 0 Å². The zero-order chi connectivity index (χ0) is 14.1. The fourth-order valence-corrected chi connectivity index (χ4v) is 2.01. The Kier molecular flexibility index (Phi) is 2.86. The molecular formula is C13H12N4O3. The maximum absolute atomic E-state index is 12.2. The van der Waals surface area contributed by atoms with Crippen molar-refractivity contribution in [1.29, 1.82) is 0 Å². The summed E-state index contributed by atoms with van der Waals surface area (Å²) in [6.07, 6.45) is 3.24. The Hall–Kier alpha value is -2.83. The molecule has 2 heterocycles. The van der Waals surface area contributed by atoms with Gasteiger partial charge in [0.25, 0.3) is 5.56 Å². The van der Waals surface area contributed by atoms with E-state index in [0.29, 0.717) is 33.8 Å². The van der Waals surface area contributed by atoms with Crippen LogP contribution in [0, 0.1) is 0 Å². The Bertz CT molecular complexity index is 808. The summed E-state index contributed by atoms with van der Waals surface area (Å²) in [6, 6.07) is 3.34. The van der Waals surface area contributed by atoms with Gasteiger partial charge in [0.2, 0.25) is 0 Å². The molecule has 0 bridgehead atoms. The van der Waals surface area contributed by atoms with Gasteiger partial charge in [0.05, 0.1) is 31.5 Å². The molecule has 0 unspecified atom stereocenters. The molecule has 0 saturated carbocycles. The van der Waals surface area contributed by atoms with Crippen molar-refractivity contribution in [2.45, 2.75) is 0 Å². The van der Waals surface area contributed by atoms with Gasteiger partial charge in [-0.3, -0.25) is 9.89 Å². The van der Waals surface area contributed by atoms with Crippen LogP contribution in [0.4, 0.5) is 0 Å². The summed E-state index contributed by atoms with van der Waals surface area (Å²) in [7, 11) is 3.04. The molecule has 0 radical (unpaired) electrons. The summed E-state index contributed by atoms with van der Waals surface area (Å²) in [5.41, 5.74) is 0.928. The number of nitrogens with zero attached hydrogens (tertiary/aromatic N) is 2. The van der Waals surface area contributed by atoms with E-state index in [9.17, 15) is 4.79 Å². The first kappa shape index (κ1) is 12.2. The van der Waals surface area contributed by atoms with Gasteiger partial charge in [-0.25, -0.2) is 4.98 Å². The molecule has 2 aromatic heterocycles. The standard InChI is InChI=1S/C13H12N4O3/c1-19-8-3-9-11(10(4-8)20-2)13(18)17-12(16-9)7-5-14-15-6-7/h3-6H,1-2H3,(H,14,15)(H,16,17,18). The highest BCUT2D eigenvalue weighted by Crippen LogP contribution is 2.28. The van der Waals surface area contributed by atoms with E-state index in [0.717, 1.165) is 0 Å². The number of hydrogen-bond donors (Lipinski definition) is 2. The molecule has 1 aromatic carbocycles. The van der Waals surface area contributed by atoms with Gasteiger partial charge >= 0.3 is 0 Å². The molecule has 102 valence electrons. The minimum atomic E-state index is -0.272. The van der Waals surface area contributed by atoms with Crippen LogP contribution in [-0.4, -0.2) is 34.4 Å². The van der Waals surface area contributed by atoms with E-state index in [1.165, 1.54) is 7.11 Å². The minimum absolute atomic E-state index is 0.272. The molecule has 0 atom stereocenters. The highest BCUT2D eigenvalue weighted by atomic mass is 16.5. The number of rotatable bonds is 3. The third-order valence-electron chi connectivity index (χ3n) is 2.97. The zero-order valence-electron chi connectivity index (χ0n) is 10.9. The fraction of sp³-hybridized carbons (Fsp3) is 0.154. The van der Waals surface area contributed by atoms with E-state index in [1.807, 2.05) is 0 Å². The number of hydrogen-bond acceptors (Lipinski definition) is 5. The van der Waals surface area contributed by atoms with E-state index in [4.69, 9.17) is 9.47 Å². The molecule has 0 aliphatic carbocycles. The SMILES string of the molecule is COc1cc(OC)c2c(=O)[nH]c(-c3cn[nH]c3)nc2c1. The lowest BCUT2D eigenvalue weighted by atomic mass is 10.2. The van der Waals surface area contributed by atoms with E-state index >= 15 is 0 Å². The van der Waals surface area contributed by atoms with Crippen LogP contribution in [0.2, 0.25) is 0 Å². The number of ether oxygens (including phenoxy) is 2. The fourth-order valence-electron chi connectivity index (χ4n) is 2.01. The monoisotopic (exact) mass is 272 g/mol. The highest BCUT2D eigenvalue weighted by Gasteiger charge is 2.13. The van der Waals surface area contributed by atoms with Crippen molar-refractivity contribution >= 4 is 10.9 Å². The molecule has 3 rings (SSSR count). The van der Waals surface area contributed by atoms with Gasteiger partial charge in [-0.2, -0.15) is 5.10 Å². The van der Waals surface area contributed by atoms with Crippen molar-refractivity contribution in [2.75, 3.05) is 14.2 Å². The van der Waals surface area contributed by atoms with E-state index in [-0.39, 0.29) is 5.56 Å². The van der Waals surface area contributed by atoms with Crippen molar-refractivity contribution in [3.63, 3.8) is 0 Å². The predicted octanol–water partition coefficient (Wildman–Crippen LogP) is 1.33. The van der Waals surface area contributed by atoms with Gasteiger partial charge in [0, 0.05) is 18.3 Å². The van der Waals surface area contributed by atoms with Crippen LogP contribution in [0.5, 0.6) is 11.5 Å². The van der Waals surface area contributed by atoms with Gasteiger partial charge in [-0.05, 0) is 0 Å². The van der Waals surface area contributed by atoms with Crippen LogP contribution in [0.3, 0.4) is 0 Å². The molecule has 7 nitrogen and oxygen atoms in total. The van der Waals surface area contributed by atoms with Crippen molar-refractivity contribution in [2.24, 2.45) is 0 Å². The minimum Gasteiger partial charge on any atom is -0.497 e. The smallest absolute Gasteiger partial charge is 0.262 e. The summed E-state index contributed by atoms with van der Waals surface area (Å²) in [4.78, 5) is 19.4. The van der Waals surface area contributed by atoms with Crippen LogP contribution in [0.1, 0.15) is 0 Å². The molecule has 2 N–H and O–H groups in total. The van der Waals surface area contributed by atoms with Gasteiger partial charge in [0.1, 0.15) is 22.7 Å². The summed E-state index contributed by atoms with van der Waals surface area (Å²) in [6.45, 7) is 0. The number of methoxy groups -OCH3 is 2. The van der Waals surface area contributed by atoms with Crippen LogP contribution in [0.25, 0.3) is 22.3 Å². The Balaban J connectivity index is 2.33. The molecular weight excluding hydrogens is 260 g/mol. The molecule has 7 heteroatoms. The lowest BCUT2D eigenvalue weighted by Crippen LogP contribution is -2.10. The van der Waals surface area contributed by atoms with Crippen molar-refractivity contribution in [3.8, 4) is 22.9 Å². The molecule has 0 amide bonds. The van der Waals surface area contributed by atoms with Crippen LogP contribution >= 0.6 is 0 Å². The van der Waals surface area contributed by atoms with Crippen molar-refractivity contribution in [1.82, 2.24) is 20.2 Å². The Morgan fingerprint density at radius 1 is 1.20 bits per heavy atom. The van der Waals surface area contributed by atoms with Crippen LogP contribution in [-0.2, 0) is 0 Å². The Labute approximate surface area is 113 Å². The molecule has 0 aliphatic heterocycles. The maximum Gasteiger partial charge on any atom is 0.262 e. The number of nitrogens with one attached hydrogen (secondary N) is 2. The first-order valence-electron chi connectivity index (χ1n) is 5.88. The Morgan fingerprint density at radius 2 is 2.05 bits per heavy atom. The summed E-state index contributed by atoms with van der Waals surface area (Å²) in [5, 5.41) is 6.91. The highest BCUT2D eigenvalue weighted by molar-refractivity contribution is 5.87. The lowest BCUT2D eigenvalue weighted by molar-refractivity contribution is 0.397. The molecule has 3 aromatic rings.